The Hall–Kier alpha value is -1.88. The first-order valence-corrected chi connectivity index (χ1v) is 9.41. The largest absolute Gasteiger partial charge is 0.377 e. The lowest BCUT2D eigenvalue weighted by atomic mass is 10.0. The highest BCUT2D eigenvalue weighted by atomic mass is 35.5. The summed E-state index contributed by atoms with van der Waals surface area (Å²) in [4.78, 5) is 12.1. The summed E-state index contributed by atoms with van der Waals surface area (Å²) in [6, 6.07) is 16.0. The Kier molecular flexibility index (Phi) is 8.62. The minimum absolute atomic E-state index is 0.0178. The van der Waals surface area contributed by atoms with Gasteiger partial charge in [0.25, 0.3) is 0 Å². The van der Waals surface area contributed by atoms with Crippen molar-refractivity contribution in [1.82, 2.24) is 10.6 Å². The van der Waals surface area contributed by atoms with Crippen LogP contribution in [0.25, 0.3) is 0 Å². The van der Waals surface area contributed by atoms with Crippen LogP contribution in [0, 0.1) is 0 Å². The minimum atomic E-state index is -0.0178. The number of halogens is 1. The summed E-state index contributed by atoms with van der Waals surface area (Å²) in [5.74, 6) is -0.0178. The fourth-order valence-corrected chi connectivity index (χ4v) is 2.77. The van der Waals surface area contributed by atoms with E-state index < -0.39 is 0 Å². The molecule has 0 bridgehead atoms. The molecule has 2 rings (SSSR count). The number of hydrogen-bond acceptors (Lipinski definition) is 3. The Labute approximate surface area is 160 Å². The molecule has 5 heteroatoms. The first kappa shape index (κ1) is 20.4. The molecule has 2 N–H and O–H groups in total. The second-order valence-electron chi connectivity index (χ2n) is 6.12. The van der Waals surface area contributed by atoms with Crippen molar-refractivity contribution in [2.24, 2.45) is 0 Å². The van der Waals surface area contributed by atoms with Crippen LogP contribution in [0.2, 0.25) is 5.02 Å². The molecular weight excluding hydrogens is 348 g/mol. The van der Waals surface area contributed by atoms with E-state index in [4.69, 9.17) is 16.3 Å². The zero-order valence-corrected chi connectivity index (χ0v) is 16.2. The van der Waals surface area contributed by atoms with Gasteiger partial charge in [-0.2, -0.15) is 0 Å². The molecule has 1 atom stereocenters. The SMILES string of the molecule is CCOCc1ccc(CNC(=O)CNC(CC)c2ccc(Cl)cc2)cc1. The highest BCUT2D eigenvalue weighted by Crippen LogP contribution is 2.18. The Balaban J connectivity index is 1.76. The molecule has 2 aromatic rings. The summed E-state index contributed by atoms with van der Waals surface area (Å²) in [5, 5.41) is 6.97. The molecule has 0 aliphatic carbocycles. The van der Waals surface area contributed by atoms with E-state index in [-0.39, 0.29) is 18.5 Å². The predicted octanol–water partition coefficient (Wildman–Crippen LogP) is 4.23. The van der Waals surface area contributed by atoms with Crippen LogP contribution in [-0.2, 0) is 22.7 Å². The normalized spacial score (nSPS) is 12.0. The van der Waals surface area contributed by atoms with E-state index in [1.807, 2.05) is 55.5 Å². The summed E-state index contributed by atoms with van der Waals surface area (Å²) in [6.07, 6.45) is 0.899. The maximum Gasteiger partial charge on any atom is 0.234 e. The third-order valence-corrected chi connectivity index (χ3v) is 4.43. The summed E-state index contributed by atoms with van der Waals surface area (Å²) in [6.45, 7) is 6.20. The van der Waals surface area contributed by atoms with Crippen molar-refractivity contribution in [3.05, 3.63) is 70.2 Å². The van der Waals surface area contributed by atoms with E-state index in [1.165, 1.54) is 0 Å². The van der Waals surface area contributed by atoms with Gasteiger partial charge < -0.3 is 15.4 Å². The van der Waals surface area contributed by atoms with Crippen LogP contribution in [0.1, 0.15) is 43.0 Å². The summed E-state index contributed by atoms with van der Waals surface area (Å²) in [5.41, 5.74) is 3.34. The number of amides is 1. The topological polar surface area (TPSA) is 50.4 Å². The zero-order valence-electron chi connectivity index (χ0n) is 15.4. The zero-order chi connectivity index (χ0) is 18.8. The maximum absolute atomic E-state index is 12.1. The molecule has 1 amide bonds. The standard InChI is InChI=1S/C21H27ClN2O2/c1-3-20(18-9-11-19(22)12-10-18)23-14-21(25)24-13-16-5-7-17(8-6-16)15-26-4-2/h5-12,20,23H,3-4,13-15H2,1-2H3,(H,24,25). The predicted molar refractivity (Wildman–Crippen MR) is 106 cm³/mol. The van der Waals surface area contributed by atoms with Gasteiger partial charge >= 0.3 is 0 Å². The van der Waals surface area contributed by atoms with E-state index in [1.54, 1.807) is 0 Å². The lowest BCUT2D eigenvalue weighted by Gasteiger charge is -2.17. The Morgan fingerprint density at radius 1 is 1.04 bits per heavy atom. The number of rotatable bonds is 10. The van der Waals surface area contributed by atoms with Gasteiger partial charge in [-0.3, -0.25) is 4.79 Å². The van der Waals surface area contributed by atoms with Crippen LogP contribution in [0.3, 0.4) is 0 Å². The molecule has 140 valence electrons. The summed E-state index contributed by atoms with van der Waals surface area (Å²) in [7, 11) is 0. The van der Waals surface area contributed by atoms with Gasteiger partial charge in [0.2, 0.25) is 5.91 Å². The molecule has 2 aromatic carbocycles. The highest BCUT2D eigenvalue weighted by Gasteiger charge is 2.10. The average Bonchev–Trinajstić information content (AvgIpc) is 2.67. The van der Waals surface area contributed by atoms with Gasteiger partial charge in [-0.05, 0) is 42.2 Å². The van der Waals surface area contributed by atoms with Crippen LogP contribution in [-0.4, -0.2) is 19.1 Å². The lowest BCUT2D eigenvalue weighted by Crippen LogP contribution is -2.35. The van der Waals surface area contributed by atoms with E-state index in [9.17, 15) is 4.79 Å². The average molecular weight is 375 g/mol. The van der Waals surface area contributed by atoms with Crippen LogP contribution in [0.4, 0.5) is 0 Å². The minimum Gasteiger partial charge on any atom is -0.377 e. The third kappa shape index (κ3) is 6.79. The van der Waals surface area contributed by atoms with Gasteiger partial charge in [0, 0.05) is 24.2 Å². The second kappa shape index (κ2) is 11.0. The molecule has 0 aliphatic rings. The summed E-state index contributed by atoms with van der Waals surface area (Å²) >= 11 is 5.93. The van der Waals surface area contributed by atoms with Crippen molar-refractivity contribution in [3.63, 3.8) is 0 Å². The van der Waals surface area contributed by atoms with Crippen LogP contribution in [0.5, 0.6) is 0 Å². The lowest BCUT2D eigenvalue weighted by molar-refractivity contribution is -0.120. The quantitative estimate of drug-likeness (QED) is 0.654. The molecule has 0 fully saturated rings. The van der Waals surface area contributed by atoms with Crippen molar-refractivity contribution < 1.29 is 9.53 Å². The number of carbonyl (C=O) groups excluding carboxylic acids is 1. The van der Waals surface area contributed by atoms with Crippen molar-refractivity contribution in [2.75, 3.05) is 13.2 Å². The van der Waals surface area contributed by atoms with Crippen molar-refractivity contribution in [3.8, 4) is 0 Å². The monoisotopic (exact) mass is 374 g/mol. The molecule has 0 radical (unpaired) electrons. The van der Waals surface area contributed by atoms with E-state index in [0.717, 1.165) is 23.1 Å². The number of benzene rings is 2. The van der Waals surface area contributed by atoms with Gasteiger partial charge in [-0.1, -0.05) is 54.9 Å². The summed E-state index contributed by atoms with van der Waals surface area (Å²) < 4.78 is 5.38. The fourth-order valence-electron chi connectivity index (χ4n) is 2.65. The number of nitrogens with one attached hydrogen (secondary N) is 2. The first-order chi connectivity index (χ1) is 12.6. The van der Waals surface area contributed by atoms with Gasteiger partial charge in [-0.25, -0.2) is 0 Å². The molecule has 0 saturated carbocycles. The smallest absolute Gasteiger partial charge is 0.234 e. The van der Waals surface area contributed by atoms with E-state index in [2.05, 4.69) is 17.6 Å². The van der Waals surface area contributed by atoms with E-state index >= 15 is 0 Å². The van der Waals surface area contributed by atoms with Gasteiger partial charge in [0.15, 0.2) is 0 Å². The van der Waals surface area contributed by atoms with Crippen molar-refractivity contribution >= 4 is 17.5 Å². The maximum atomic E-state index is 12.1. The van der Waals surface area contributed by atoms with E-state index in [0.29, 0.717) is 24.8 Å². The Morgan fingerprint density at radius 2 is 1.69 bits per heavy atom. The Bertz CT molecular complexity index is 671. The second-order valence-corrected chi connectivity index (χ2v) is 6.56. The third-order valence-electron chi connectivity index (χ3n) is 4.18. The molecule has 0 spiro atoms. The molecule has 0 heterocycles. The molecule has 0 aromatic heterocycles. The molecule has 0 saturated heterocycles. The van der Waals surface area contributed by atoms with Crippen molar-refractivity contribution in [2.45, 2.75) is 39.5 Å². The molecule has 26 heavy (non-hydrogen) atoms. The molecule has 1 unspecified atom stereocenters. The van der Waals surface area contributed by atoms with Crippen molar-refractivity contribution in [1.29, 1.82) is 0 Å². The molecular formula is C21H27ClN2O2. The molecule has 4 nitrogen and oxygen atoms in total. The Morgan fingerprint density at radius 3 is 2.31 bits per heavy atom. The van der Waals surface area contributed by atoms with Crippen LogP contribution in [0.15, 0.2) is 48.5 Å². The number of ether oxygens (including phenoxy) is 1. The van der Waals surface area contributed by atoms with Gasteiger partial charge in [-0.15, -0.1) is 0 Å². The fraction of sp³-hybridized carbons (Fsp3) is 0.381. The number of hydrogen-bond donors (Lipinski definition) is 2. The van der Waals surface area contributed by atoms with Crippen LogP contribution >= 0.6 is 11.6 Å². The van der Waals surface area contributed by atoms with Crippen LogP contribution < -0.4 is 10.6 Å². The van der Waals surface area contributed by atoms with Gasteiger partial charge in [0.05, 0.1) is 13.2 Å². The highest BCUT2D eigenvalue weighted by molar-refractivity contribution is 6.30. The van der Waals surface area contributed by atoms with Gasteiger partial charge in [0.1, 0.15) is 0 Å². The molecule has 0 aliphatic heterocycles. The number of carbonyl (C=O) groups is 1. The first-order valence-electron chi connectivity index (χ1n) is 9.03.